The number of ether oxygens (including phenoxy) is 2. The van der Waals surface area contributed by atoms with Gasteiger partial charge < -0.3 is 35.0 Å². The summed E-state index contributed by atoms with van der Waals surface area (Å²) in [5.41, 5.74) is 2.11. The smallest absolute Gasteiger partial charge is 0.247 e. The van der Waals surface area contributed by atoms with E-state index < -0.39 is 30.1 Å². The number of nitrogens with one attached hydrogen (secondary N) is 1. The SMILES string of the molecule is CCCC(=O)N(CCc1cccc(F)c1)[C@@H]1C=C(C(=O)NCCO)[C@@H]2c3cc(CO)cc(OC)c3O[C@@H]2[C@H]1O. The number of carbonyl (C=O) groups is 2. The third kappa shape index (κ3) is 5.93. The molecular formula is C29H35FN2O7. The Morgan fingerprint density at radius 1 is 1.18 bits per heavy atom. The van der Waals surface area contributed by atoms with Gasteiger partial charge in [-0.15, -0.1) is 0 Å². The van der Waals surface area contributed by atoms with Gasteiger partial charge in [0.2, 0.25) is 11.8 Å². The number of methoxy groups -OCH3 is 1. The van der Waals surface area contributed by atoms with Crippen LogP contribution in [0.2, 0.25) is 0 Å². The number of hydrogen-bond acceptors (Lipinski definition) is 7. The van der Waals surface area contributed by atoms with Crippen LogP contribution in [-0.2, 0) is 22.6 Å². The average molecular weight is 543 g/mol. The van der Waals surface area contributed by atoms with Gasteiger partial charge in [-0.3, -0.25) is 9.59 Å². The van der Waals surface area contributed by atoms with Gasteiger partial charge >= 0.3 is 0 Å². The second-order valence-electron chi connectivity index (χ2n) is 9.73. The highest BCUT2D eigenvalue weighted by molar-refractivity contribution is 5.96. The Morgan fingerprint density at radius 3 is 2.64 bits per heavy atom. The van der Waals surface area contributed by atoms with Crippen LogP contribution in [0.25, 0.3) is 0 Å². The third-order valence-corrected chi connectivity index (χ3v) is 7.17. The molecule has 4 atom stereocenters. The van der Waals surface area contributed by atoms with Gasteiger partial charge in [0.1, 0.15) is 18.0 Å². The molecule has 1 aliphatic carbocycles. The van der Waals surface area contributed by atoms with Gasteiger partial charge in [-0.1, -0.05) is 19.1 Å². The standard InChI is InChI=1S/C29H35FN2O7/c1-3-5-24(35)32(10-8-17-6-4-7-19(30)12-17)22-15-21(29(37)31-9-11-33)25-20-13-18(16-34)14-23(38-2)27(20)39-28(25)26(22)36/h4,6-7,12-15,22,25-26,28,33-34,36H,3,5,8-11,16H2,1-2H3,(H,31,37)/t22-,25+,26+,28+/m1/s1. The van der Waals surface area contributed by atoms with Crippen LogP contribution in [0.3, 0.4) is 0 Å². The minimum Gasteiger partial charge on any atom is -0.493 e. The maximum absolute atomic E-state index is 13.8. The number of rotatable bonds is 11. The van der Waals surface area contributed by atoms with Gasteiger partial charge in [0.05, 0.1) is 32.3 Å². The maximum Gasteiger partial charge on any atom is 0.247 e. The maximum atomic E-state index is 13.8. The van der Waals surface area contributed by atoms with Crippen LogP contribution in [0.1, 0.15) is 42.4 Å². The Bertz CT molecular complexity index is 1230. The molecule has 1 aliphatic heterocycles. The van der Waals surface area contributed by atoms with E-state index in [9.17, 15) is 29.3 Å². The van der Waals surface area contributed by atoms with Gasteiger partial charge in [-0.25, -0.2) is 4.39 Å². The summed E-state index contributed by atoms with van der Waals surface area (Å²) >= 11 is 0. The molecule has 0 aromatic heterocycles. The van der Waals surface area contributed by atoms with Gasteiger partial charge in [0.15, 0.2) is 11.5 Å². The number of nitrogens with zero attached hydrogens (tertiary/aromatic N) is 1. The molecule has 9 nitrogen and oxygen atoms in total. The van der Waals surface area contributed by atoms with E-state index in [4.69, 9.17) is 9.47 Å². The van der Waals surface area contributed by atoms with Gasteiger partial charge in [-0.2, -0.15) is 0 Å². The molecule has 0 saturated carbocycles. The lowest BCUT2D eigenvalue weighted by molar-refractivity contribution is -0.137. The van der Waals surface area contributed by atoms with Crippen molar-refractivity contribution in [3.05, 3.63) is 70.6 Å². The molecule has 10 heteroatoms. The van der Waals surface area contributed by atoms with E-state index in [2.05, 4.69) is 5.32 Å². The highest BCUT2D eigenvalue weighted by Gasteiger charge is 2.51. The van der Waals surface area contributed by atoms with Crippen LogP contribution in [0.5, 0.6) is 11.5 Å². The summed E-state index contributed by atoms with van der Waals surface area (Å²) in [6, 6.07) is 8.57. The number of halogens is 1. The molecule has 1 heterocycles. The summed E-state index contributed by atoms with van der Waals surface area (Å²) in [5.74, 6) is -1.04. The van der Waals surface area contributed by atoms with Crippen LogP contribution in [-0.4, -0.2) is 77.1 Å². The summed E-state index contributed by atoms with van der Waals surface area (Å²) in [5, 5.41) is 33.4. The summed E-state index contributed by atoms with van der Waals surface area (Å²) in [6.45, 7) is 1.56. The molecule has 0 fully saturated rings. The van der Waals surface area contributed by atoms with Crippen molar-refractivity contribution in [2.45, 2.75) is 57.0 Å². The quantitative estimate of drug-likeness (QED) is 0.341. The molecule has 0 unspecified atom stereocenters. The minimum atomic E-state index is -1.20. The zero-order chi connectivity index (χ0) is 28.1. The van der Waals surface area contributed by atoms with Crippen molar-refractivity contribution in [2.24, 2.45) is 0 Å². The molecule has 0 radical (unpaired) electrons. The molecular weight excluding hydrogens is 507 g/mol. The molecule has 2 aromatic rings. The van der Waals surface area contributed by atoms with E-state index in [1.54, 1.807) is 30.3 Å². The molecule has 0 bridgehead atoms. The van der Waals surface area contributed by atoms with Gasteiger partial charge in [-0.05, 0) is 54.3 Å². The fourth-order valence-corrected chi connectivity index (χ4v) is 5.36. The lowest BCUT2D eigenvalue weighted by Crippen LogP contribution is -2.56. The van der Waals surface area contributed by atoms with Crippen LogP contribution < -0.4 is 14.8 Å². The van der Waals surface area contributed by atoms with Gasteiger partial charge in [0.25, 0.3) is 0 Å². The lowest BCUT2D eigenvalue weighted by atomic mass is 9.77. The van der Waals surface area contributed by atoms with Gasteiger partial charge in [0, 0.05) is 30.6 Å². The summed E-state index contributed by atoms with van der Waals surface area (Å²) < 4.78 is 25.5. The predicted octanol–water partition coefficient (Wildman–Crippen LogP) is 1.82. The second kappa shape index (κ2) is 12.6. The zero-order valence-electron chi connectivity index (χ0n) is 22.1. The Labute approximate surface area is 226 Å². The summed E-state index contributed by atoms with van der Waals surface area (Å²) in [6.07, 6.45) is 0.634. The number of aliphatic hydroxyl groups excluding tert-OH is 3. The van der Waals surface area contributed by atoms with Crippen LogP contribution in [0.4, 0.5) is 4.39 Å². The molecule has 2 aromatic carbocycles. The van der Waals surface area contributed by atoms with Crippen molar-refractivity contribution in [1.82, 2.24) is 10.2 Å². The van der Waals surface area contributed by atoms with Crippen LogP contribution >= 0.6 is 0 Å². The first-order valence-electron chi connectivity index (χ1n) is 13.1. The number of amides is 2. The van der Waals surface area contributed by atoms with Crippen molar-refractivity contribution in [1.29, 1.82) is 0 Å². The minimum absolute atomic E-state index is 0.0204. The highest BCUT2D eigenvalue weighted by atomic mass is 19.1. The Hall–Kier alpha value is -3.47. The first kappa shape index (κ1) is 28.5. The van der Waals surface area contributed by atoms with E-state index in [1.165, 1.54) is 24.1 Å². The molecule has 4 rings (SSSR count). The molecule has 210 valence electrons. The predicted molar refractivity (Wildman–Crippen MR) is 141 cm³/mol. The summed E-state index contributed by atoms with van der Waals surface area (Å²) in [7, 11) is 1.46. The van der Waals surface area contributed by atoms with E-state index in [1.807, 2.05) is 6.92 Å². The highest BCUT2D eigenvalue weighted by Crippen LogP contribution is 2.51. The molecule has 39 heavy (non-hydrogen) atoms. The monoisotopic (exact) mass is 542 g/mol. The molecule has 2 amide bonds. The van der Waals surface area contributed by atoms with Crippen LogP contribution in [0.15, 0.2) is 48.0 Å². The second-order valence-corrected chi connectivity index (χ2v) is 9.73. The first-order valence-corrected chi connectivity index (χ1v) is 13.1. The molecule has 2 aliphatic rings. The first-order chi connectivity index (χ1) is 18.8. The van der Waals surface area contributed by atoms with E-state index in [0.717, 1.165) is 0 Å². The van der Waals surface area contributed by atoms with Crippen molar-refractivity contribution >= 4 is 11.8 Å². The van der Waals surface area contributed by atoms with E-state index >= 15 is 0 Å². The largest absolute Gasteiger partial charge is 0.493 e. The topological polar surface area (TPSA) is 129 Å². The summed E-state index contributed by atoms with van der Waals surface area (Å²) in [4.78, 5) is 28.2. The number of carbonyl (C=O) groups excluding carboxylic acids is 2. The lowest BCUT2D eigenvalue weighted by Gasteiger charge is -2.41. The number of hydrogen-bond donors (Lipinski definition) is 4. The van der Waals surface area contributed by atoms with E-state index in [0.29, 0.717) is 41.0 Å². The van der Waals surface area contributed by atoms with Crippen molar-refractivity contribution in [3.8, 4) is 11.5 Å². The van der Waals surface area contributed by atoms with Crippen molar-refractivity contribution < 1.29 is 38.8 Å². The molecule has 0 spiro atoms. The molecule has 4 N–H and O–H groups in total. The van der Waals surface area contributed by atoms with Crippen LogP contribution in [0, 0.1) is 5.82 Å². The number of fused-ring (bicyclic) bond motifs is 3. The Kier molecular flexibility index (Phi) is 9.21. The normalized spacial score (nSPS) is 21.3. The number of aliphatic hydroxyl groups is 3. The number of benzene rings is 2. The average Bonchev–Trinajstić information content (AvgIpc) is 3.32. The third-order valence-electron chi connectivity index (χ3n) is 7.17. The van der Waals surface area contributed by atoms with Crippen molar-refractivity contribution in [3.63, 3.8) is 0 Å². The zero-order valence-corrected chi connectivity index (χ0v) is 22.1. The van der Waals surface area contributed by atoms with Crippen molar-refractivity contribution in [2.75, 3.05) is 26.8 Å². The Balaban J connectivity index is 1.76. The Morgan fingerprint density at radius 2 is 1.97 bits per heavy atom. The van der Waals surface area contributed by atoms with E-state index in [-0.39, 0.29) is 50.0 Å². The fraction of sp³-hybridized carbons (Fsp3) is 0.448. The fourth-order valence-electron chi connectivity index (χ4n) is 5.36. The molecule has 0 saturated heterocycles.